The molecule has 1 heterocycles. The molecule has 0 atom stereocenters. The Bertz CT molecular complexity index is 1230. The number of methoxy groups -OCH3 is 1. The molecule has 10 heteroatoms. The Labute approximate surface area is 203 Å². The number of nitro groups is 1. The number of benzene rings is 3. The van der Waals surface area contributed by atoms with Crippen LogP contribution in [0.15, 0.2) is 81.5 Å². The highest BCUT2D eigenvalue weighted by molar-refractivity contribution is 8.14. The van der Waals surface area contributed by atoms with E-state index in [2.05, 4.69) is 4.99 Å². The average Bonchev–Trinajstić information content (AvgIpc) is 3.28. The molecule has 0 spiro atoms. The van der Waals surface area contributed by atoms with Crippen molar-refractivity contribution >= 4 is 57.6 Å². The van der Waals surface area contributed by atoms with Gasteiger partial charge in [0.15, 0.2) is 5.17 Å². The zero-order valence-electron chi connectivity index (χ0n) is 17.4. The van der Waals surface area contributed by atoms with Gasteiger partial charge in [0.1, 0.15) is 11.4 Å². The Kier molecular flexibility index (Phi) is 7.22. The largest absolute Gasteiger partial charge is 0.494 e. The first-order valence-corrected chi connectivity index (χ1v) is 12.0. The van der Waals surface area contributed by atoms with Crippen LogP contribution in [0, 0.1) is 10.1 Å². The predicted octanol–water partition coefficient (Wildman–Crippen LogP) is 6.28. The molecule has 7 nitrogen and oxygen atoms in total. The second-order valence-electron chi connectivity index (χ2n) is 6.87. The quantitative estimate of drug-likeness (QED) is 0.293. The lowest BCUT2D eigenvalue weighted by atomic mass is 10.1. The van der Waals surface area contributed by atoms with Crippen LogP contribution in [-0.2, 0) is 0 Å². The van der Waals surface area contributed by atoms with Gasteiger partial charge in [0.25, 0.3) is 11.6 Å². The molecular weight excluding hydrogens is 482 g/mol. The fraction of sp³-hybridized carbons (Fsp3) is 0.130. The zero-order chi connectivity index (χ0) is 23.4. The Morgan fingerprint density at radius 3 is 2.67 bits per heavy atom. The average molecular weight is 500 g/mol. The molecule has 0 N–H and O–H groups in total. The number of hydrogen-bond acceptors (Lipinski definition) is 7. The fourth-order valence-electron chi connectivity index (χ4n) is 3.17. The van der Waals surface area contributed by atoms with Gasteiger partial charge >= 0.3 is 0 Å². The maximum absolute atomic E-state index is 13.6. The van der Waals surface area contributed by atoms with E-state index in [0.717, 1.165) is 4.90 Å². The van der Waals surface area contributed by atoms with Gasteiger partial charge in [-0.25, -0.2) is 4.99 Å². The maximum Gasteiger partial charge on any atom is 0.270 e. The molecule has 1 aliphatic heterocycles. The Morgan fingerprint density at radius 1 is 1.18 bits per heavy atom. The number of aliphatic imine (C=N–C) groups is 1. The number of amidine groups is 1. The maximum atomic E-state index is 13.6. The second-order valence-corrected chi connectivity index (χ2v) is 9.48. The van der Waals surface area contributed by atoms with Crippen molar-refractivity contribution in [3.05, 3.63) is 87.4 Å². The number of nitro benzene ring substituents is 1. The minimum Gasteiger partial charge on any atom is -0.494 e. The number of carbonyl (C=O) groups is 1. The number of halogens is 1. The molecule has 0 aliphatic carbocycles. The van der Waals surface area contributed by atoms with E-state index in [1.165, 1.54) is 35.7 Å². The normalized spacial score (nSPS) is 14.5. The fourth-order valence-corrected chi connectivity index (χ4v) is 5.16. The minimum atomic E-state index is -0.504. The Balaban J connectivity index is 1.71. The van der Waals surface area contributed by atoms with Gasteiger partial charge in [-0.2, -0.15) is 0 Å². The molecule has 0 radical (unpaired) electrons. The summed E-state index contributed by atoms with van der Waals surface area (Å²) in [5, 5.41) is 12.5. The van der Waals surface area contributed by atoms with Crippen molar-refractivity contribution in [3.8, 4) is 5.75 Å². The first kappa shape index (κ1) is 23.2. The summed E-state index contributed by atoms with van der Waals surface area (Å²) in [6.07, 6.45) is 0. The molecule has 168 valence electrons. The van der Waals surface area contributed by atoms with Crippen molar-refractivity contribution < 1.29 is 14.5 Å². The van der Waals surface area contributed by atoms with Crippen LogP contribution in [-0.4, -0.2) is 40.3 Å². The van der Waals surface area contributed by atoms with Crippen molar-refractivity contribution in [3.63, 3.8) is 0 Å². The van der Waals surface area contributed by atoms with Gasteiger partial charge < -0.3 is 4.74 Å². The van der Waals surface area contributed by atoms with Gasteiger partial charge in [0.05, 0.1) is 17.6 Å². The third-order valence-corrected chi connectivity index (χ3v) is 7.06. The van der Waals surface area contributed by atoms with Gasteiger partial charge in [0, 0.05) is 39.2 Å². The summed E-state index contributed by atoms with van der Waals surface area (Å²) in [6.45, 7) is 0.450. The highest BCUT2D eigenvalue weighted by atomic mass is 35.5. The van der Waals surface area contributed by atoms with E-state index < -0.39 is 4.92 Å². The zero-order valence-corrected chi connectivity index (χ0v) is 19.8. The minimum absolute atomic E-state index is 0.145. The molecule has 3 aromatic carbocycles. The van der Waals surface area contributed by atoms with Gasteiger partial charge in [0.2, 0.25) is 0 Å². The van der Waals surface area contributed by atoms with E-state index in [4.69, 9.17) is 16.3 Å². The van der Waals surface area contributed by atoms with Crippen molar-refractivity contribution in [1.29, 1.82) is 0 Å². The third kappa shape index (κ3) is 5.32. The van der Waals surface area contributed by atoms with Crippen molar-refractivity contribution in [2.24, 2.45) is 4.99 Å². The molecule has 1 aliphatic rings. The summed E-state index contributed by atoms with van der Waals surface area (Å²) < 4.78 is 5.36. The molecule has 0 saturated carbocycles. The van der Waals surface area contributed by atoms with Crippen LogP contribution in [0.25, 0.3) is 0 Å². The molecule has 0 unspecified atom stereocenters. The van der Waals surface area contributed by atoms with Crippen LogP contribution in [0.2, 0.25) is 5.02 Å². The lowest BCUT2D eigenvalue weighted by Crippen LogP contribution is -2.32. The highest BCUT2D eigenvalue weighted by Gasteiger charge is 2.30. The second kappa shape index (κ2) is 10.3. The number of para-hydroxylation sites is 2. The van der Waals surface area contributed by atoms with Gasteiger partial charge in [-0.05, 0) is 42.5 Å². The molecule has 1 amide bonds. The lowest BCUT2D eigenvalue weighted by molar-refractivity contribution is -0.384. The molecule has 1 saturated heterocycles. The van der Waals surface area contributed by atoms with E-state index >= 15 is 0 Å². The highest BCUT2D eigenvalue weighted by Crippen LogP contribution is 2.36. The van der Waals surface area contributed by atoms with Gasteiger partial charge in [-0.3, -0.25) is 19.8 Å². The summed E-state index contributed by atoms with van der Waals surface area (Å²) in [6, 6.07) is 18.8. The molecule has 4 rings (SSSR count). The van der Waals surface area contributed by atoms with Crippen LogP contribution in [0.1, 0.15) is 10.4 Å². The first-order chi connectivity index (χ1) is 16.0. The lowest BCUT2D eigenvalue weighted by Gasteiger charge is -2.18. The summed E-state index contributed by atoms with van der Waals surface area (Å²) in [7, 11) is 1.56. The van der Waals surface area contributed by atoms with Crippen molar-refractivity contribution in [2.75, 3.05) is 19.4 Å². The summed E-state index contributed by atoms with van der Waals surface area (Å²) >= 11 is 8.77. The number of rotatable bonds is 6. The number of carbonyl (C=O) groups excluding carboxylic acids is 1. The smallest absolute Gasteiger partial charge is 0.270 e. The van der Waals surface area contributed by atoms with Crippen LogP contribution < -0.4 is 4.74 Å². The Hall–Kier alpha value is -3.01. The van der Waals surface area contributed by atoms with Crippen molar-refractivity contribution in [2.45, 2.75) is 9.79 Å². The molecule has 33 heavy (non-hydrogen) atoms. The summed E-state index contributed by atoms with van der Waals surface area (Å²) in [5.74, 6) is 0.932. The van der Waals surface area contributed by atoms with Crippen molar-refractivity contribution in [1.82, 2.24) is 4.90 Å². The van der Waals surface area contributed by atoms with Gasteiger partial charge in [-0.1, -0.05) is 47.3 Å². The van der Waals surface area contributed by atoms with Crippen LogP contribution >= 0.6 is 35.1 Å². The molecule has 0 bridgehead atoms. The van der Waals surface area contributed by atoms with E-state index in [1.54, 1.807) is 36.3 Å². The van der Waals surface area contributed by atoms with E-state index in [0.29, 0.717) is 38.8 Å². The standard InChI is InChI=1S/C23H18ClN3O4S2/c1-31-20-5-3-2-4-19(20)25-23-26(12-13-32-23)22(28)18-14-16(27(29)30)8-11-21(18)33-17-9-6-15(24)7-10-17/h2-11,14H,12-13H2,1H3. The predicted molar refractivity (Wildman–Crippen MR) is 132 cm³/mol. The number of thioether (sulfide) groups is 1. The first-order valence-electron chi connectivity index (χ1n) is 9.84. The topological polar surface area (TPSA) is 85.0 Å². The number of hydrogen-bond donors (Lipinski definition) is 0. The number of non-ortho nitro benzene ring substituents is 1. The number of nitrogens with zero attached hydrogens (tertiary/aromatic N) is 3. The summed E-state index contributed by atoms with van der Waals surface area (Å²) in [5.41, 5.74) is 0.713. The van der Waals surface area contributed by atoms with E-state index in [9.17, 15) is 14.9 Å². The van der Waals surface area contributed by atoms with Crippen LogP contribution in [0.3, 0.4) is 0 Å². The van der Waals surface area contributed by atoms with Crippen LogP contribution in [0.5, 0.6) is 5.75 Å². The number of ether oxygens (including phenoxy) is 1. The molecular formula is C23H18ClN3O4S2. The van der Waals surface area contributed by atoms with E-state index in [-0.39, 0.29) is 17.2 Å². The molecule has 1 fully saturated rings. The number of amides is 1. The molecule has 0 aromatic heterocycles. The Morgan fingerprint density at radius 2 is 1.94 bits per heavy atom. The SMILES string of the molecule is COc1ccccc1N=C1SCCN1C(=O)c1cc([N+](=O)[O-])ccc1Sc1ccc(Cl)cc1. The van der Waals surface area contributed by atoms with Gasteiger partial charge in [-0.15, -0.1) is 0 Å². The van der Waals surface area contributed by atoms with Crippen LogP contribution in [0.4, 0.5) is 11.4 Å². The molecule has 3 aromatic rings. The third-order valence-electron chi connectivity index (χ3n) is 4.77. The van der Waals surface area contributed by atoms with E-state index in [1.807, 2.05) is 30.3 Å². The summed E-state index contributed by atoms with van der Waals surface area (Å²) in [4.78, 5) is 32.2. The monoisotopic (exact) mass is 499 g/mol.